The van der Waals surface area contributed by atoms with Crippen LogP contribution in [0.25, 0.3) is 11.5 Å². The molecule has 31 heavy (non-hydrogen) atoms. The van der Waals surface area contributed by atoms with Crippen molar-refractivity contribution in [2.75, 3.05) is 5.32 Å². The van der Waals surface area contributed by atoms with Crippen LogP contribution in [0, 0.1) is 6.92 Å². The van der Waals surface area contributed by atoms with Crippen LogP contribution in [0.5, 0.6) is 11.5 Å². The van der Waals surface area contributed by atoms with Gasteiger partial charge in [0.2, 0.25) is 0 Å². The molecule has 1 N–H and O–H groups in total. The van der Waals surface area contributed by atoms with Crippen LogP contribution >= 0.6 is 0 Å². The smallest absolute Gasteiger partial charge is 0.256 e. The average Bonchev–Trinajstić information content (AvgIpc) is 3.27. The Morgan fingerprint density at radius 1 is 1.10 bits per heavy atom. The number of hydrogen-bond acceptors (Lipinski definition) is 6. The minimum atomic E-state index is -0.283. The Balaban J connectivity index is 1.55. The number of carbonyl (C=O) groups excluding carboxylic acids is 1. The Morgan fingerprint density at radius 2 is 1.90 bits per heavy atom. The molecule has 1 aromatic carbocycles. The van der Waals surface area contributed by atoms with Crippen molar-refractivity contribution in [1.29, 1.82) is 0 Å². The van der Waals surface area contributed by atoms with E-state index in [2.05, 4.69) is 25.5 Å². The number of carbonyl (C=O) groups is 1. The summed E-state index contributed by atoms with van der Waals surface area (Å²) in [5.74, 6) is 2.05. The summed E-state index contributed by atoms with van der Waals surface area (Å²) in [6.45, 7) is 6.01. The molecule has 3 aromatic heterocycles. The first-order chi connectivity index (χ1) is 15.0. The third-order valence-corrected chi connectivity index (χ3v) is 4.68. The molecule has 156 valence electrons. The first kappa shape index (κ1) is 20.2. The molecular formula is C23H22N6O2. The lowest BCUT2D eigenvalue weighted by Gasteiger charge is -2.12. The van der Waals surface area contributed by atoms with Crippen LogP contribution in [0.15, 0.2) is 67.3 Å². The number of nitrogens with one attached hydrogen (secondary N) is 1. The highest BCUT2D eigenvalue weighted by molar-refractivity contribution is 6.04. The van der Waals surface area contributed by atoms with Gasteiger partial charge in [0.1, 0.15) is 29.3 Å². The van der Waals surface area contributed by atoms with E-state index < -0.39 is 0 Å². The van der Waals surface area contributed by atoms with Crippen molar-refractivity contribution in [1.82, 2.24) is 24.7 Å². The van der Waals surface area contributed by atoms with Crippen LogP contribution in [0.2, 0.25) is 0 Å². The molecule has 4 aromatic rings. The van der Waals surface area contributed by atoms with Gasteiger partial charge in [-0.2, -0.15) is 0 Å². The largest absolute Gasteiger partial charge is 0.457 e. The van der Waals surface area contributed by atoms with Gasteiger partial charge in [-0.25, -0.2) is 4.98 Å². The van der Waals surface area contributed by atoms with E-state index in [1.807, 2.05) is 43.5 Å². The number of hydrogen-bond donors (Lipinski definition) is 1. The maximum absolute atomic E-state index is 12.9. The third-order valence-electron chi connectivity index (χ3n) is 4.68. The van der Waals surface area contributed by atoms with Crippen molar-refractivity contribution >= 4 is 11.7 Å². The normalized spacial score (nSPS) is 10.8. The predicted octanol–water partition coefficient (Wildman–Crippen LogP) is 4.67. The summed E-state index contributed by atoms with van der Waals surface area (Å²) in [5.41, 5.74) is 2.02. The number of nitrogens with zero attached hydrogens (tertiary/aromatic N) is 5. The highest BCUT2D eigenvalue weighted by atomic mass is 16.5. The Bertz CT molecular complexity index is 1200. The van der Waals surface area contributed by atoms with Gasteiger partial charge in [-0.15, -0.1) is 10.2 Å². The van der Waals surface area contributed by atoms with Gasteiger partial charge in [0.15, 0.2) is 5.82 Å². The van der Waals surface area contributed by atoms with Gasteiger partial charge < -0.3 is 14.6 Å². The molecule has 3 heterocycles. The van der Waals surface area contributed by atoms with Crippen molar-refractivity contribution in [3.63, 3.8) is 0 Å². The van der Waals surface area contributed by atoms with E-state index >= 15 is 0 Å². The van der Waals surface area contributed by atoms with Gasteiger partial charge in [-0.1, -0.05) is 12.1 Å². The molecule has 0 unspecified atom stereocenters. The standard InChI is InChI=1S/C23H22N6O2/c1-15(2)29-14-25-28-22(29)19-5-4-6-21(26-19)27-23(30)17-8-7-16(3)20(13-17)31-18-9-11-24-12-10-18/h4-15H,1-3H3,(H,26,27,30). The van der Waals surface area contributed by atoms with Crippen LogP contribution in [0.1, 0.15) is 35.8 Å². The van der Waals surface area contributed by atoms with Crippen LogP contribution in [0.3, 0.4) is 0 Å². The molecule has 0 atom stereocenters. The van der Waals surface area contributed by atoms with E-state index in [0.29, 0.717) is 34.4 Å². The SMILES string of the molecule is Cc1ccc(C(=O)Nc2cccc(-c3nncn3C(C)C)n2)cc1Oc1ccncc1. The van der Waals surface area contributed by atoms with Crippen molar-refractivity contribution < 1.29 is 9.53 Å². The zero-order valence-corrected chi connectivity index (χ0v) is 17.5. The fraction of sp³-hybridized carbons (Fsp3) is 0.174. The third kappa shape index (κ3) is 4.58. The Morgan fingerprint density at radius 3 is 2.68 bits per heavy atom. The highest BCUT2D eigenvalue weighted by Gasteiger charge is 2.14. The molecule has 0 saturated heterocycles. The van der Waals surface area contributed by atoms with Gasteiger partial charge in [-0.3, -0.25) is 9.78 Å². The lowest BCUT2D eigenvalue weighted by Crippen LogP contribution is -2.13. The topological polar surface area (TPSA) is 94.8 Å². The molecule has 0 saturated carbocycles. The van der Waals surface area contributed by atoms with E-state index in [-0.39, 0.29) is 11.9 Å². The molecule has 0 bridgehead atoms. The number of amides is 1. The van der Waals surface area contributed by atoms with Crippen molar-refractivity contribution in [2.24, 2.45) is 0 Å². The summed E-state index contributed by atoms with van der Waals surface area (Å²) in [7, 11) is 0. The van der Waals surface area contributed by atoms with Crippen molar-refractivity contribution in [3.05, 3.63) is 78.4 Å². The fourth-order valence-electron chi connectivity index (χ4n) is 3.01. The van der Waals surface area contributed by atoms with Crippen molar-refractivity contribution in [3.8, 4) is 23.0 Å². The summed E-state index contributed by atoms with van der Waals surface area (Å²) in [6, 6.07) is 14.4. The van der Waals surface area contributed by atoms with Crippen LogP contribution < -0.4 is 10.1 Å². The lowest BCUT2D eigenvalue weighted by atomic mass is 10.1. The van der Waals surface area contributed by atoms with Crippen molar-refractivity contribution in [2.45, 2.75) is 26.8 Å². The monoisotopic (exact) mass is 414 g/mol. The fourth-order valence-corrected chi connectivity index (χ4v) is 3.01. The highest BCUT2D eigenvalue weighted by Crippen LogP contribution is 2.26. The first-order valence-corrected chi connectivity index (χ1v) is 9.88. The van der Waals surface area contributed by atoms with Crippen LogP contribution in [-0.4, -0.2) is 30.6 Å². The quantitative estimate of drug-likeness (QED) is 0.493. The molecule has 0 fully saturated rings. The van der Waals surface area contributed by atoms with E-state index in [4.69, 9.17) is 4.74 Å². The summed E-state index contributed by atoms with van der Waals surface area (Å²) in [4.78, 5) is 21.4. The van der Waals surface area contributed by atoms with E-state index in [1.54, 1.807) is 49.1 Å². The molecule has 0 aliphatic carbocycles. The molecule has 8 nitrogen and oxygen atoms in total. The molecule has 8 heteroatoms. The number of benzene rings is 1. The maximum Gasteiger partial charge on any atom is 0.256 e. The Kier molecular flexibility index (Phi) is 5.70. The molecular weight excluding hydrogens is 392 g/mol. The van der Waals surface area contributed by atoms with Crippen LogP contribution in [0.4, 0.5) is 5.82 Å². The zero-order valence-electron chi connectivity index (χ0n) is 17.5. The van der Waals surface area contributed by atoms with Gasteiger partial charge in [0, 0.05) is 24.0 Å². The summed E-state index contributed by atoms with van der Waals surface area (Å²) >= 11 is 0. The molecule has 0 radical (unpaired) electrons. The van der Waals surface area contributed by atoms with Crippen LogP contribution in [-0.2, 0) is 0 Å². The minimum absolute atomic E-state index is 0.191. The van der Waals surface area contributed by atoms with Gasteiger partial charge in [-0.05, 0) is 62.7 Å². The number of aryl methyl sites for hydroxylation is 1. The average molecular weight is 414 g/mol. The molecule has 4 rings (SSSR count). The Hall–Kier alpha value is -4.07. The van der Waals surface area contributed by atoms with Gasteiger partial charge in [0.25, 0.3) is 5.91 Å². The predicted molar refractivity (Wildman–Crippen MR) is 117 cm³/mol. The molecule has 0 aliphatic heterocycles. The second-order valence-electron chi connectivity index (χ2n) is 7.28. The zero-order chi connectivity index (χ0) is 21.8. The minimum Gasteiger partial charge on any atom is -0.457 e. The maximum atomic E-state index is 12.9. The van der Waals surface area contributed by atoms with E-state index in [9.17, 15) is 4.79 Å². The Labute approximate surface area is 180 Å². The first-order valence-electron chi connectivity index (χ1n) is 9.88. The number of pyridine rings is 2. The molecule has 0 spiro atoms. The summed E-state index contributed by atoms with van der Waals surface area (Å²) in [5, 5.41) is 11.0. The number of ether oxygens (including phenoxy) is 1. The molecule has 0 aliphatic rings. The lowest BCUT2D eigenvalue weighted by molar-refractivity contribution is 0.102. The summed E-state index contributed by atoms with van der Waals surface area (Å²) < 4.78 is 7.83. The molecule has 1 amide bonds. The number of anilines is 1. The van der Waals surface area contributed by atoms with E-state index in [0.717, 1.165) is 5.56 Å². The second kappa shape index (κ2) is 8.74. The number of rotatable bonds is 6. The summed E-state index contributed by atoms with van der Waals surface area (Å²) in [6.07, 6.45) is 4.98. The second-order valence-corrected chi connectivity index (χ2v) is 7.28. The van der Waals surface area contributed by atoms with Gasteiger partial charge in [0.05, 0.1) is 0 Å². The van der Waals surface area contributed by atoms with Gasteiger partial charge >= 0.3 is 0 Å². The number of aromatic nitrogens is 5. The van der Waals surface area contributed by atoms with E-state index in [1.165, 1.54) is 0 Å².